The molecule has 4 nitrogen and oxygen atoms in total. The summed E-state index contributed by atoms with van der Waals surface area (Å²) in [4.78, 5) is 18.8. The summed E-state index contributed by atoms with van der Waals surface area (Å²) in [5, 5.41) is 0. The zero-order valence-electron chi connectivity index (χ0n) is 13.0. The van der Waals surface area contributed by atoms with Crippen LogP contribution in [0.4, 0.5) is 0 Å². The number of ether oxygens (including phenoxy) is 1. The van der Waals surface area contributed by atoms with Crippen LogP contribution in [0.3, 0.4) is 0 Å². The summed E-state index contributed by atoms with van der Waals surface area (Å²) in [7, 11) is 0. The summed E-state index contributed by atoms with van der Waals surface area (Å²) < 4.78 is 5.55. The third-order valence-electron chi connectivity index (χ3n) is 3.81. The summed E-state index contributed by atoms with van der Waals surface area (Å²) in [5.74, 6) is 0.710. The minimum Gasteiger partial charge on any atom is -0.489 e. The average Bonchev–Trinajstić information content (AvgIpc) is 2.63. The molecular formula is C16H24N2O2. The standard InChI is InChI=1S/C16H24N2O2/c1-11(2)20-13-6-7-14(17-10-13)15(19)18-12(3)8-9-16(18,4)5/h6-7,10-12H,8-9H2,1-5H3. The minimum absolute atomic E-state index is 0.0103. The Labute approximate surface area is 121 Å². The van der Waals surface area contributed by atoms with Crippen LogP contribution in [0.2, 0.25) is 0 Å². The third kappa shape index (κ3) is 2.94. The normalized spacial score (nSPS) is 21.3. The van der Waals surface area contributed by atoms with Crippen LogP contribution in [0, 0.1) is 0 Å². The predicted octanol–water partition coefficient (Wildman–Crippen LogP) is 3.27. The number of aromatic nitrogens is 1. The molecule has 1 aromatic rings. The summed E-state index contributed by atoms with van der Waals surface area (Å²) in [6.45, 7) is 10.3. The molecule has 0 saturated carbocycles. The molecule has 0 spiro atoms. The van der Waals surface area contributed by atoms with E-state index in [1.54, 1.807) is 12.3 Å². The van der Waals surface area contributed by atoms with E-state index in [1.807, 2.05) is 24.8 Å². The van der Waals surface area contributed by atoms with Gasteiger partial charge >= 0.3 is 0 Å². The lowest BCUT2D eigenvalue weighted by molar-refractivity contribution is 0.0572. The number of hydrogen-bond acceptors (Lipinski definition) is 3. The number of pyridine rings is 1. The van der Waals surface area contributed by atoms with Crippen molar-refractivity contribution in [1.82, 2.24) is 9.88 Å². The number of nitrogens with zero attached hydrogens (tertiary/aromatic N) is 2. The van der Waals surface area contributed by atoms with E-state index in [2.05, 4.69) is 25.8 Å². The Morgan fingerprint density at radius 1 is 1.45 bits per heavy atom. The van der Waals surface area contributed by atoms with Crippen molar-refractivity contribution < 1.29 is 9.53 Å². The molecule has 2 rings (SSSR count). The molecule has 0 aromatic carbocycles. The number of likely N-dealkylation sites (tertiary alicyclic amines) is 1. The summed E-state index contributed by atoms with van der Waals surface area (Å²) in [5.41, 5.74) is 0.397. The number of rotatable bonds is 3. The molecule has 1 unspecified atom stereocenters. The van der Waals surface area contributed by atoms with Crippen molar-refractivity contribution in [2.45, 2.75) is 65.1 Å². The maximum absolute atomic E-state index is 12.6. The fraction of sp³-hybridized carbons (Fsp3) is 0.625. The molecule has 0 aliphatic carbocycles. The number of carbonyl (C=O) groups excluding carboxylic acids is 1. The molecule has 1 amide bonds. The fourth-order valence-corrected chi connectivity index (χ4v) is 2.86. The molecule has 0 N–H and O–H groups in total. The summed E-state index contributed by atoms with van der Waals surface area (Å²) in [6.07, 6.45) is 3.82. The van der Waals surface area contributed by atoms with Crippen LogP contribution in [0.25, 0.3) is 0 Å². The predicted molar refractivity (Wildman–Crippen MR) is 78.9 cm³/mol. The molecule has 1 saturated heterocycles. The van der Waals surface area contributed by atoms with Crippen molar-refractivity contribution in [3.8, 4) is 5.75 Å². The molecule has 1 atom stereocenters. The van der Waals surface area contributed by atoms with E-state index in [9.17, 15) is 4.79 Å². The zero-order chi connectivity index (χ0) is 14.9. The van der Waals surface area contributed by atoms with Gasteiger partial charge in [0.15, 0.2) is 0 Å². The molecule has 0 bridgehead atoms. The van der Waals surface area contributed by atoms with Gasteiger partial charge in [-0.1, -0.05) is 0 Å². The van der Waals surface area contributed by atoms with Crippen molar-refractivity contribution in [2.24, 2.45) is 0 Å². The lowest BCUT2D eigenvalue weighted by Crippen LogP contribution is -2.46. The van der Waals surface area contributed by atoms with Crippen molar-refractivity contribution in [3.63, 3.8) is 0 Å². The van der Waals surface area contributed by atoms with Crippen molar-refractivity contribution in [1.29, 1.82) is 0 Å². The molecule has 0 radical (unpaired) electrons. The first-order valence-corrected chi connectivity index (χ1v) is 7.27. The number of hydrogen-bond donors (Lipinski definition) is 0. The fourth-order valence-electron chi connectivity index (χ4n) is 2.86. The maximum Gasteiger partial charge on any atom is 0.273 e. The maximum atomic E-state index is 12.6. The Morgan fingerprint density at radius 3 is 2.60 bits per heavy atom. The SMILES string of the molecule is CC(C)Oc1ccc(C(=O)N2C(C)CCC2(C)C)nc1. The van der Waals surface area contributed by atoms with Gasteiger partial charge in [0, 0.05) is 11.6 Å². The van der Waals surface area contributed by atoms with E-state index in [-0.39, 0.29) is 23.6 Å². The molecule has 1 fully saturated rings. The van der Waals surface area contributed by atoms with E-state index in [0.29, 0.717) is 11.4 Å². The van der Waals surface area contributed by atoms with Gasteiger partial charge in [-0.25, -0.2) is 4.98 Å². The Balaban J connectivity index is 2.17. The molecule has 4 heteroatoms. The minimum atomic E-state index is -0.0920. The van der Waals surface area contributed by atoms with E-state index in [1.165, 1.54) is 0 Å². The molecule has 20 heavy (non-hydrogen) atoms. The molecule has 1 aliphatic rings. The Morgan fingerprint density at radius 2 is 2.15 bits per heavy atom. The van der Waals surface area contributed by atoms with Crippen LogP contribution in [0.1, 0.15) is 57.9 Å². The van der Waals surface area contributed by atoms with Gasteiger partial charge in [0.25, 0.3) is 5.91 Å². The first-order chi connectivity index (χ1) is 9.31. The molecule has 1 aliphatic heterocycles. The van der Waals surface area contributed by atoms with E-state index < -0.39 is 0 Å². The van der Waals surface area contributed by atoms with Crippen molar-refractivity contribution in [3.05, 3.63) is 24.0 Å². The van der Waals surface area contributed by atoms with Crippen molar-refractivity contribution in [2.75, 3.05) is 0 Å². The van der Waals surface area contributed by atoms with Gasteiger partial charge in [0.1, 0.15) is 11.4 Å². The topological polar surface area (TPSA) is 42.4 Å². The van der Waals surface area contributed by atoms with Crippen molar-refractivity contribution >= 4 is 5.91 Å². The highest BCUT2D eigenvalue weighted by atomic mass is 16.5. The van der Waals surface area contributed by atoms with Crippen LogP contribution in [-0.4, -0.2) is 33.5 Å². The van der Waals surface area contributed by atoms with E-state index >= 15 is 0 Å². The third-order valence-corrected chi connectivity index (χ3v) is 3.81. The van der Waals surface area contributed by atoms with E-state index in [4.69, 9.17) is 4.74 Å². The van der Waals surface area contributed by atoms with Gasteiger partial charge in [-0.3, -0.25) is 4.79 Å². The lowest BCUT2D eigenvalue weighted by atomic mass is 10.0. The highest BCUT2D eigenvalue weighted by Gasteiger charge is 2.40. The Bertz CT molecular complexity index is 480. The molecule has 1 aromatic heterocycles. The largest absolute Gasteiger partial charge is 0.489 e. The van der Waals surface area contributed by atoms with Gasteiger partial charge in [-0.2, -0.15) is 0 Å². The second-order valence-electron chi connectivity index (χ2n) is 6.42. The van der Waals surface area contributed by atoms with Gasteiger partial charge in [-0.05, 0) is 59.6 Å². The van der Waals surface area contributed by atoms with Crippen LogP contribution in [0.15, 0.2) is 18.3 Å². The quantitative estimate of drug-likeness (QED) is 0.851. The first kappa shape index (κ1) is 14.8. The lowest BCUT2D eigenvalue weighted by Gasteiger charge is -2.34. The summed E-state index contributed by atoms with van der Waals surface area (Å²) >= 11 is 0. The second-order valence-corrected chi connectivity index (χ2v) is 6.42. The average molecular weight is 276 g/mol. The molecule has 2 heterocycles. The van der Waals surface area contributed by atoms with Crippen LogP contribution in [0.5, 0.6) is 5.75 Å². The highest BCUT2D eigenvalue weighted by Crippen LogP contribution is 2.34. The smallest absolute Gasteiger partial charge is 0.273 e. The van der Waals surface area contributed by atoms with Gasteiger partial charge in [-0.15, -0.1) is 0 Å². The van der Waals surface area contributed by atoms with Gasteiger partial charge < -0.3 is 9.64 Å². The number of amides is 1. The van der Waals surface area contributed by atoms with Gasteiger partial charge in [0.2, 0.25) is 0 Å². The summed E-state index contributed by atoms with van der Waals surface area (Å²) in [6, 6.07) is 3.83. The monoisotopic (exact) mass is 276 g/mol. The zero-order valence-corrected chi connectivity index (χ0v) is 13.0. The molecular weight excluding hydrogens is 252 g/mol. The molecule has 110 valence electrons. The Kier molecular flexibility index (Phi) is 4.02. The van der Waals surface area contributed by atoms with Crippen LogP contribution in [-0.2, 0) is 0 Å². The van der Waals surface area contributed by atoms with Crippen LogP contribution < -0.4 is 4.74 Å². The number of carbonyl (C=O) groups is 1. The van der Waals surface area contributed by atoms with Gasteiger partial charge in [0.05, 0.1) is 12.3 Å². The first-order valence-electron chi connectivity index (χ1n) is 7.27. The van der Waals surface area contributed by atoms with E-state index in [0.717, 1.165) is 12.8 Å². The second kappa shape index (κ2) is 5.43. The van der Waals surface area contributed by atoms with Crippen LogP contribution >= 0.6 is 0 Å². The highest BCUT2D eigenvalue weighted by molar-refractivity contribution is 5.93. The Hall–Kier alpha value is -1.58.